The number of nitrogens with zero attached hydrogens (tertiary/aromatic N) is 1. The van der Waals surface area contributed by atoms with Gasteiger partial charge in [-0.25, -0.2) is 5.43 Å². The highest BCUT2D eigenvalue weighted by Gasteiger charge is 2.17. The first kappa shape index (κ1) is 29.0. The zero-order valence-electron chi connectivity index (χ0n) is 20.8. The number of methoxy groups -OCH3 is 1. The first-order valence-corrected chi connectivity index (χ1v) is 13.0. The van der Waals surface area contributed by atoms with Crippen molar-refractivity contribution in [1.82, 2.24) is 10.7 Å². The molecule has 1 heterocycles. The van der Waals surface area contributed by atoms with E-state index >= 15 is 0 Å². The standard InChI is InChI=1S/C26H21BrCl2N4O7/c1-37-22-8-15(6-17(27)24(22)38-12-23(34)32-16-3-4-18(28)19(29)9-16)11-31-33-26(36)25(35)30-10-14-2-5-20-21(7-14)40-13-39-20/h2-9,11H,10,12-13H2,1H3,(H,30,35)(H,32,34)(H,33,36)/b31-11-. The van der Waals surface area contributed by atoms with Crippen LogP contribution in [0, 0.1) is 0 Å². The quantitative estimate of drug-likeness (QED) is 0.179. The molecule has 11 nitrogen and oxygen atoms in total. The molecule has 0 aromatic heterocycles. The number of carbonyl (C=O) groups excluding carboxylic acids is 3. The molecule has 0 radical (unpaired) electrons. The lowest BCUT2D eigenvalue weighted by Gasteiger charge is -2.13. The number of nitrogens with one attached hydrogen (secondary N) is 3. The summed E-state index contributed by atoms with van der Waals surface area (Å²) in [6, 6.07) is 13.1. The van der Waals surface area contributed by atoms with Crippen molar-refractivity contribution in [3.05, 3.63) is 74.2 Å². The van der Waals surface area contributed by atoms with Crippen LogP contribution in [0.1, 0.15) is 11.1 Å². The molecule has 0 fully saturated rings. The van der Waals surface area contributed by atoms with Gasteiger partial charge in [-0.2, -0.15) is 5.10 Å². The minimum atomic E-state index is -0.948. The van der Waals surface area contributed by atoms with E-state index in [-0.39, 0.29) is 25.7 Å². The van der Waals surface area contributed by atoms with Crippen LogP contribution in [0.5, 0.6) is 23.0 Å². The monoisotopic (exact) mass is 650 g/mol. The molecule has 208 valence electrons. The Balaban J connectivity index is 1.28. The third-order valence-corrected chi connectivity index (χ3v) is 6.61. The average Bonchev–Trinajstić information content (AvgIpc) is 3.41. The zero-order chi connectivity index (χ0) is 28.6. The molecule has 0 spiro atoms. The van der Waals surface area contributed by atoms with Crippen molar-refractivity contribution < 1.29 is 33.3 Å². The van der Waals surface area contributed by atoms with Gasteiger partial charge in [-0.15, -0.1) is 0 Å². The van der Waals surface area contributed by atoms with Crippen LogP contribution in [0.4, 0.5) is 5.69 Å². The molecule has 0 unspecified atom stereocenters. The number of hydrogen-bond acceptors (Lipinski definition) is 8. The van der Waals surface area contributed by atoms with E-state index in [0.29, 0.717) is 43.0 Å². The molecule has 1 aliphatic rings. The third-order valence-electron chi connectivity index (χ3n) is 5.28. The van der Waals surface area contributed by atoms with Gasteiger partial charge < -0.3 is 29.6 Å². The SMILES string of the molecule is COc1cc(/C=N\NC(=O)C(=O)NCc2ccc3c(c2)OCO3)cc(Br)c1OCC(=O)Nc1ccc(Cl)c(Cl)c1. The van der Waals surface area contributed by atoms with E-state index in [1.807, 2.05) is 0 Å². The van der Waals surface area contributed by atoms with E-state index in [0.717, 1.165) is 5.56 Å². The number of hydrogen-bond donors (Lipinski definition) is 3. The van der Waals surface area contributed by atoms with E-state index in [1.54, 1.807) is 42.5 Å². The molecule has 3 amide bonds. The Morgan fingerprint density at radius 2 is 1.82 bits per heavy atom. The number of hydrazone groups is 1. The van der Waals surface area contributed by atoms with E-state index in [2.05, 4.69) is 37.1 Å². The number of rotatable bonds is 9. The highest BCUT2D eigenvalue weighted by Crippen LogP contribution is 2.36. The smallest absolute Gasteiger partial charge is 0.329 e. The molecule has 0 saturated heterocycles. The van der Waals surface area contributed by atoms with E-state index in [4.69, 9.17) is 42.1 Å². The molecule has 3 aromatic rings. The van der Waals surface area contributed by atoms with Crippen molar-refractivity contribution in [1.29, 1.82) is 0 Å². The van der Waals surface area contributed by atoms with Crippen LogP contribution >= 0.6 is 39.1 Å². The van der Waals surface area contributed by atoms with E-state index < -0.39 is 17.7 Å². The fraction of sp³-hybridized carbons (Fsp3) is 0.154. The summed E-state index contributed by atoms with van der Waals surface area (Å²) < 4.78 is 22.0. The zero-order valence-corrected chi connectivity index (χ0v) is 23.9. The van der Waals surface area contributed by atoms with Crippen molar-refractivity contribution in [2.24, 2.45) is 5.10 Å². The van der Waals surface area contributed by atoms with Gasteiger partial charge >= 0.3 is 11.8 Å². The lowest BCUT2D eigenvalue weighted by Crippen LogP contribution is -2.37. The summed E-state index contributed by atoms with van der Waals surface area (Å²) in [6.45, 7) is -0.0636. The Labute approximate surface area is 246 Å². The van der Waals surface area contributed by atoms with Crippen molar-refractivity contribution in [2.45, 2.75) is 6.54 Å². The summed E-state index contributed by atoms with van der Waals surface area (Å²) in [5.41, 5.74) is 3.88. The van der Waals surface area contributed by atoms with Crippen molar-refractivity contribution in [3.8, 4) is 23.0 Å². The second-order valence-electron chi connectivity index (χ2n) is 8.07. The summed E-state index contributed by atoms with van der Waals surface area (Å²) in [4.78, 5) is 36.6. The molecular formula is C26H21BrCl2N4O7. The topological polar surface area (TPSA) is 137 Å². The molecule has 1 aliphatic heterocycles. The molecule has 4 rings (SSSR count). The predicted octanol–water partition coefficient (Wildman–Crippen LogP) is 4.28. The number of halogens is 3. The summed E-state index contributed by atoms with van der Waals surface area (Å²) in [7, 11) is 1.43. The molecule has 0 atom stereocenters. The van der Waals surface area contributed by atoms with Crippen LogP contribution in [0.3, 0.4) is 0 Å². The van der Waals surface area contributed by atoms with Gasteiger partial charge in [0.15, 0.2) is 29.6 Å². The van der Waals surface area contributed by atoms with E-state index in [1.165, 1.54) is 19.4 Å². The average molecular weight is 652 g/mol. The largest absolute Gasteiger partial charge is 0.493 e. The van der Waals surface area contributed by atoms with Gasteiger partial charge in [0.1, 0.15) is 0 Å². The van der Waals surface area contributed by atoms with Gasteiger partial charge in [-0.3, -0.25) is 14.4 Å². The molecule has 0 aliphatic carbocycles. The maximum atomic E-state index is 12.3. The van der Waals surface area contributed by atoms with Crippen LogP contribution < -0.4 is 35.0 Å². The molecule has 14 heteroatoms. The Kier molecular flexibility index (Phi) is 9.70. The fourth-order valence-corrected chi connectivity index (χ4v) is 4.27. The van der Waals surface area contributed by atoms with Gasteiger partial charge in [-0.1, -0.05) is 29.3 Å². The lowest BCUT2D eigenvalue weighted by molar-refractivity contribution is -0.139. The Bertz CT molecular complexity index is 1490. The fourth-order valence-electron chi connectivity index (χ4n) is 3.39. The predicted molar refractivity (Wildman–Crippen MR) is 151 cm³/mol. The van der Waals surface area contributed by atoms with Crippen molar-refractivity contribution in [3.63, 3.8) is 0 Å². The number of amides is 3. The molecular weight excluding hydrogens is 631 g/mol. The first-order chi connectivity index (χ1) is 19.2. The van der Waals surface area contributed by atoms with Gasteiger partial charge in [0.05, 0.1) is 27.8 Å². The third kappa shape index (κ3) is 7.56. The maximum absolute atomic E-state index is 12.3. The van der Waals surface area contributed by atoms with Crippen LogP contribution in [0.15, 0.2) is 58.1 Å². The number of carbonyl (C=O) groups is 3. The Hall–Kier alpha value is -4.00. The molecule has 40 heavy (non-hydrogen) atoms. The van der Waals surface area contributed by atoms with Crippen LogP contribution in [0.2, 0.25) is 10.0 Å². The Morgan fingerprint density at radius 3 is 2.60 bits per heavy atom. The number of ether oxygens (including phenoxy) is 4. The summed E-state index contributed by atoms with van der Waals surface area (Å²) in [5, 5.41) is 9.66. The number of anilines is 1. The molecule has 0 bridgehead atoms. The highest BCUT2D eigenvalue weighted by molar-refractivity contribution is 9.10. The van der Waals surface area contributed by atoms with Crippen molar-refractivity contribution in [2.75, 3.05) is 25.8 Å². The minimum Gasteiger partial charge on any atom is -0.493 e. The maximum Gasteiger partial charge on any atom is 0.329 e. The van der Waals surface area contributed by atoms with Crippen molar-refractivity contribution >= 4 is 68.8 Å². The highest BCUT2D eigenvalue weighted by atomic mass is 79.9. The first-order valence-electron chi connectivity index (χ1n) is 11.5. The molecule has 3 aromatic carbocycles. The lowest BCUT2D eigenvalue weighted by atomic mass is 10.2. The van der Waals surface area contributed by atoms with Crippen LogP contribution in [-0.4, -0.2) is 44.4 Å². The normalized spacial score (nSPS) is 11.7. The van der Waals surface area contributed by atoms with Gasteiger partial charge in [0, 0.05) is 12.2 Å². The Morgan fingerprint density at radius 1 is 1.02 bits per heavy atom. The minimum absolute atomic E-state index is 0.115. The van der Waals surface area contributed by atoms with Crippen LogP contribution in [0.25, 0.3) is 0 Å². The second kappa shape index (κ2) is 13.4. The molecule has 0 saturated carbocycles. The van der Waals surface area contributed by atoms with E-state index in [9.17, 15) is 14.4 Å². The summed E-state index contributed by atoms with van der Waals surface area (Å²) in [5.74, 6) is -0.479. The van der Waals surface area contributed by atoms with Crippen LogP contribution in [-0.2, 0) is 20.9 Å². The summed E-state index contributed by atoms with van der Waals surface area (Å²) >= 11 is 15.2. The number of fused-ring (bicyclic) bond motifs is 1. The van der Waals surface area contributed by atoms with Gasteiger partial charge in [0.25, 0.3) is 5.91 Å². The molecule has 3 N–H and O–H groups in total. The summed E-state index contributed by atoms with van der Waals surface area (Å²) in [6.07, 6.45) is 1.32. The van der Waals surface area contributed by atoms with Gasteiger partial charge in [0.2, 0.25) is 6.79 Å². The number of benzene rings is 3. The van der Waals surface area contributed by atoms with Gasteiger partial charge in [-0.05, 0) is 69.5 Å². The second-order valence-corrected chi connectivity index (χ2v) is 9.74.